The lowest BCUT2D eigenvalue weighted by atomic mass is 10.1. The van der Waals surface area contributed by atoms with E-state index in [1.807, 2.05) is 0 Å². The number of benzene rings is 1. The van der Waals surface area contributed by atoms with Crippen molar-refractivity contribution in [2.45, 2.75) is 19.9 Å². The van der Waals surface area contributed by atoms with Crippen LogP contribution in [0.5, 0.6) is 0 Å². The lowest BCUT2D eigenvalue weighted by Crippen LogP contribution is -2.29. The number of carbonyl (C=O) groups excluding carboxylic acids is 2. The number of aromatic amines is 1. The van der Waals surface area contributed by atoms with Crippen molar-refractivity contribution >= 4 is 17.4 Å². The van der Waals surface area contributed by atoms with Gasteiger partial charge in [-0.05, 0) is 31.2 Å². The molecule has 0 saturated carbocycles. The molecule has 0 radical (unpaired) electrons. The average Bonchev–Trinajstić information content (AvgIpc) is 2.49. The van der Waals surface area contributed by atoms with Crippen molar-refractivity contribution < 1.29 is 9.59 Å². The van der Waals surface area contributed by atoms with Gasteiger partial charge in [-0.2, -0.15) is 0 Å². The highest BCUT2D eigenvalue weighted by Crippen LogP contribution is 2.10. The summed E-state index contributed by atoms with van der Waals surface area (Å²) in [6, 6.07) is 8.79. The Labute approximate surface area is 125 Å². The van der Waals surface area contributed by atoms with Gasteiger partial charge in [0.15, 0.2) is 5.78 Å². The molecular weight excluding hydrogens is 286 g/mol. The number of nitrogens with one attached hydrogen (secondary N) is 2. The maximum atomic E-state index is 11.8. The number of rotatable bonds is 5. The second kappa shape index (κ2) is 6.66. The SMILES string of the molecule is CC(=O)c1ccc(NC(=O)CCn2[nH]c(=O)ccc2=O)cc1. The van der Waals surface area contributed by atoms with Gasteiger partial charge in [-0.1, -0.05) is 0 Å². The van der Waals surface area contributed by atoms with Crippen LogP contribution in [0.15, 0.2) is 46.0 Å². The van der Waals surface area contributed by atoms with E-state index in [0.29, 0.717) is 11.3 Å². The Morgan fingerprint density at radius 1 is 1.09 bits per heavy atom. The molecule has 22 heavy (non-hydrogen) atoms. The van der Waals surface area contributed by atoms with E-state index in [9.17, 15) is 19.2 Å². The maximum absolute atomic E-state index is 11.8. The zero-order chi connectivity index (χ0) is 16.1. The summed E-state index contributed by atoms with van der Waals surface area (Å²) in [5, 5.41) is 5.00. The summed E-state index contributed by atoms with van der Waals surface area (Å²) < 4.78 is 1.08. The molecule has 0 aliphatic heterocycles. The van der Waals surface area contributed by atoms with Crippen LogP contribution in [0.2, 0.25) is 0 Å². The zero-order valence-corrected chi connectivity index (χ0v) is 12.0. The molecule has 2 aromatic rings. The van der Waals surface area contributed by atoms with Crippen molar-refractivity contribution in [1.29, 1.82) is 0 Å². The first-order valence-corrected chi connectivity index (χ1v) is 6.67. The Hall–Kier alpha value is -2.96. The summed E-state index contributed by atoms with van der Waals surface area (Å²) >= 11 is 0. The van der Waals surface area contributed by atoms with Gasteiger partial charge in [0.1, 0.15) is 0 Å². The van der Waals surface area contributed by atoms with E-state index in [4.69, 9.17) is 0 Å². The summed E-state index contributed by atoms with van der Waals surface area (Å²) in [4.78, 5) is 45.6. The molecule has 1 heterocycles. The molecule has 0 aliphatic carbocycles. The summed E-state index contributed by atoms with van der Waals surface area (Å²) in [6.07, 6.45) is 0.0360. The maximum Gasteiger partial charge on any atom is 0.265 e. The van der Waals surface area contributed by atoms with Crippen LogP contribution >= 0.6 is 0 Å². The van der Waals surface area contributed by atoms with Gasteiger partial charge in [-0.3, -0.25) is 24.3 Å². The van der Waals surface area contributed by atoms with Gasteiger partial charge in [0.2, 0.25) is 5.91 Å². The van der Waals surface area contributed by atoms with Gasteiger partial charge in [0.05, 0.1) is 6.54 Å². The largest absolute Gasteiger partial charge is 0.326 e. The molecule has 0 bridgehead atoms. The van der Waals surface area contributed by atoms with Gasteiger partial charge in [0, 0.05) is 29.8 Å². The third kappa shape index (κ3) is 4.02. The van der Waals surface area contributed by atoms with Gasteiger partial charge in [-0.25, -0.2) is 4.68 Å². The van der Waals surface area contributed by atoms with Crippen LogP contribution in [-0.2, 0) is 11.3 Å². The van der Waals surface area contributed by atoms with Crippen LogP contribution in [-0.4, -0.2) is 21.5 Å². The van der Waals surface area contributed by atoms with E-state index < -0.39 is 5.56 Å². The Morgan fingerprint density at radius 3 is 2.41 bits per heavy atom. The predicted molar refractivity (Wildman–Crippen MR) is 81.0 cm³/mol. The van der Waals surface area contributed by atoms with Crippen LogP contribution in [0, 0.1) is 0 Å². The zero-order valence-electron chi connectivity index (χ0n) is 12.0. The van der Waals surface area contributed by atoms with Crippen LogP contribution < -0.4 is 16.4 Å². The third-order valence-electron chi connectivity index (χ3n) is 3.03. The van der Waals surface area contributed by atoms with Crippen molar-refractivity contribution in [3.63, 3.8) is 0 Å². The summed E-state index contributed by atoms with van der Waals surface area (Å²) in [7, 11) is 0. The Kier molecular flexibility index (Phi) is 4.67. The van der Waals surface area contributed by atoms with Gasteiger partial charge in [0.25, 0.3) is 11.1 Å². The highest BCUT2D eigenvalue weighted by atomic mass is 16.2. The monoisotopic (exact) mass is 301 g/mol. The first-order valence-electron chi connectivity index (χ1n) is 6.67. The summed E-state index contributed by atoms with van der Waals surface area (Å²) in [5.41, 5.74) is 0.341. The number of hydrogen-bond donors (Lipinski definition) is 2. The van der Waals surface area contributed by atoms with E-state index >= 15 is 0 Å². The number of Topliss-reactive ketones (excluding diaryl/α,β-unsaturated/α-hetero) is 1. The molecule has 1 amide bonds. The molecule has 0 saturated heterocycles. The summed E-state index contributed by atoms with van der Waals surface area (Å²) in [5.74, 6) is -0.350. The molecule has 0 spiro atoms. The van der Waals surface area contributed by atoms with E-state index in [-0.39, 0.29) is 30.2 Å². The predicted octanol–water partition coefficient (Wildman–Crippen LogP) is 0.768. The Balaban J connectivity index is 1.95. The first-order chi connectivity index (χ1) is 10.5. The number of amides is 1. The van der Waals surface area contributed by atoms with Gasteiger partial charge in [-0.15, -0.1) is 0 Å². The smallest absolute Gasteiger partial charge is 0.265 e. The minimum atomic E-state index is -0.403. The highest BCUT2D eigenvalue weighted by molar-refractivity contribution is 5.95. The lowest BCUT2D eigenvalue weighted by molar-refractivity contribution is -0.116. The van der Waals surface area contributed by atoms with Crippen molar-refractivity contribution in [1.82, 2.24) is 9.78 Å². The van der Waals surface area contributed by atoms with Crippen molar-refractivity contribution in [2.24, 2.45) is 0 Å². The molecule has 1 aromatic heterocycles. The van der Waals surface area contributed by atoms with Crippen molar-refractivity contribution in [3.05, 3.63) is 62.7 Å². The molecule has 7 heteroatoms. The third-order valence-corrected chi connectivity index (χ3v) is 3.03. The summed E-state index contributed by atoms with van der Waals surface area (Å²) in [6.45, 7) is 1.54. The molecule has 1 aromatic carbocycles. The molecular formula is C15H15N3O4. The van der Waals surface area contributed by atoms with Gasteiger partial charge < -0.3 is 5.32 Å². The molecule has 0 fully saturated rings. The number of ketones is 1. The Bertz CT molecular complexity index is 803. The van der Waals surface area contributed by atoms with E-state index in [0.717, 1.165) is 16.8 Å². The molecule has 114 valence electrons. The topological polar surface area (TPSA) is 101 Å². The minimum Gasteiger partial charge on any atom is -0.326 e. The Morgan fingerprint density at radius 2 is 1.77 bits per heavy atom. The standard InChI is InChI=1S/C15H15N3O4/c1-10(19)11-2-4-12(5-3-11)16-13(20)8-9-18-15(22)7-6-14(21)17-18/h2-7H,8-9H2,1H3,(H,16,20)(H,17,21). The quantitative estimate of drug-likeness (QED) is 0.796. The second-order valence-corrected chi connectivity index (χ2v) is 4.73. The number of aryl methyl sites for hydroxylation is 1. The van der Waals surface area contributed by atoms with E-state index in [1.54, 1.807) is 24.3 Å². The fourth-order valence-electron chi connectivity index (χ4n) is 1.85. The molecule has 0 aliphatic rings. The molecule has 0 atom stereocenters. The number of aromatic nitrogens is 2. The highest BCUT2D eigenvalue weighted by Gasteiger charge is 2.05. The number of hydrogen-bond acceptors (Lipinski definition) is 4. The van der Waals surface area contributed by atoms with Crippen LogP contribution in [0.4, 0.5) is 5.69 Å². The fraction of sp³-hybridized carbons (Fsp3) is 0.200. The lowest BCUT2D eigenvalue weighted by Gasteiger charge is -2.07. The minimum absolute atomic E-state index is 0.0360. The fourth-order valence-corrected chi connectivity index (χ4v) is 1.85. The van der Waals surface area contributed by atoms with Crippen LogP contribution in [0.25, 0.3) is 0 Å². The molecule has 7 nitrogen and oxygen atoms in total. The van der Waals surface area contributed by atoms with Crippen LogP contribution in [0.1, 0.15) is 23.7 Å². The van der Waals surface area contributed by atoms with E-state index in [1.165, 1.54) is 6.92 Å². The van der Waals surface area contributed by atoms with Crippen molar-refractivity contribution in [2.75, 3.05) is 5.32 Å². The number of H-pyrrole nitrogens is 1. The molecule has 0 unspecified atom stereocenters. The molecule has 2 rings (SSSR count). The molecule has 2 N–H and O–H groups in total. The average molecular weight is 301 g/mol. The number of nitrogens with zero attached hydrogens (tertiary/aromatic N) is 1. The second-order valence-electron chi connectivity index (χ2n) is 4.73. The first kappa shape index (κ1) is 15.4. The van der Waals surface area contributed by atoms with E-state index in [2.05, 4.69) is 10.4 Å². The normalized spacial score (nSPS) is 10.2. The van der Waals surface area contributed by atoms with Crippen LogP contribution in [0.3, 0.4) is 0 Å². The van der Waals surface area contributed by atoms with Gasteiger partial charge >= 0.3 is 0 Å². The van der Waals surface area contributed by atoms with Crippen molar-refractivity contribution in [3.8, 4) is 0 Å². The number of carbonyl (C=O) groups is 2. The number of anilines is 1.